The molecule has 0 spiro atoms. The largest absolute Gasteiger partial charge is 0.382 e. The van der Waals surface area contributed by atoms with Crippen LogP contribution in [0.15, 0.2) is 17.1 Å². The van der Waals surface area contributed by atoms with Crippen molar-refractivity contribution >= 4 is 28.4 Å². The van der Waals surface area contributed by atoms with Gasteiger partial charge in [0.15, 0.2) is 5.82 Å². The van der Waals surface area contributed by atoms with Crippen LogP contribution in [0.3, 0.4) is 0 Å². The lowest BCUT2D eigenvalue weighted by Gasteiger charge is -2.37. The maximum atomic E-state index is 13.2. The second kappa shape index (κ2) is 7.39. The highest BCUT2D eigenvalue weighted by Gasteiger charge is 2.32. The van der Waals surface area contributed by atoms with Crippen LogP contribution in [0, 0.1) is 5.92 Å². The number of fused-ring (bicyclic) bond motifs is 1. The van der Waals surface area contributed by atoms with Crippen molar-refractivity contribution in [2.24, 2.45) is 13.0 Å². The quantitative estimate of drug-likeness (QED) is 0.626. The molecule has 5 rings (SSSR count). The molecular weight excluding hydrogens is 408 g/mol. The zero-order chi connectivity index (χ0) is 22.7. The summed E-state index contributed by atoms with van der Waals surface area (Å²) in [5.74, 6) is 1.69. The molecule has 10 nitrogen and oxygen atoms in total. The second-order valence-electron chi connectivity index (χ2n) is 9.31. The van der Waals surface area contributed by atoms with Gasteiger partial charge in [0.05, 0.1) is 17.8 Å². The van der Waals surface area contributed by atoms with Gasteiger partial charge in [-0.25, -0.2) is 0 Å². The number of nitrogens with two attached hydrogens (primary N) is 1. The molecule has 3 aromatic heterocycles. The van der Waals surface area contributed by atoms with Gasteiger partial charge >= 0.3 is 0 Å². The molecular formula is C22H30N8O2. The fourth-order valence-corrected chi connectivity index (χ4v) is 4.77. The van der Waals surface area contributed by atoms with Crippen molar-refractivity contribution < 1.29 is 4.79 Å². The first-order valence-electron chi connectivity index (χ1n) is 11.2. The highest BCUT2D eigenvalue weighted by Crippen LogP contribution is 2.40. The fourth-order valence-electron chi connectivity index (χ4n) is 4.77. The Balaban J connectivity index is 1.56. The second-order valence-corrected chi connectivity index (χ2v) is 9.31. The Morgan fingerprint density at radius 1 is 1.19 bits per heavy atom. The lowest BCUT2D eigenvalue weighted by atomic mass is 10.1. The van der Waals surface area contributed by atoms with Crippen LogP contribution in [0.5, 0.6) is 0 Å². The Labute approximate surface area is 186 Å². The number of nitrogens with one attached hydrogen (secondary N) is 1. The number of aromatic amines is 1. The van der Waals surface area contributed by atoms with Crippen molar-refractivity contribution in [1.82, 2.24) is 29.4 Å². The van der Waals surface area contributed by atoms with Crippen LogP contribution in [-0.2, 0) is 11.8 Å². The molecule has 2 fully saturated rings. The van der Waals surface area contributed by atoms with E-state index in [4.69, 9.17) is 10.8 Å². The molecule has 2 aliphatic rings. The van der Waals surface area contributed by atoms with E-state index in [1.165, 1.54) is 0 Å². The SMILES string of the molecule is CC(C)N1CCN(c2cc(-c3cn([C@@H](C)C4CC4)c(=O)c4c(N)n[nH]c34)nn2C)CC1=O. The number of aryl methyl sites for hydroxylation is 1. The minimum Gasteiger partial charge on any atom is -0.382 e. The normalized spacial score (nSPS) is 18.2. The molecule has 1 atom stereocenters. The summed E-state index contributed by atoms with van der Waals surface area (Å²) in [6.07, 6.45) is 4.14. The van der Waals surface area contributed by atoms with Gasteiger partial charge in [-0.15, -0.1) is 0 Å². The van der Waals surface area contributed by atoms with Gasteiger partial charge in [-0.2, -0.15) is 10.2 Å². The minimum absolute atomic E-state index is 0.0878. The number of nitrogen functional groups attached to an aromatic ring is 1. The number of piperazine rings is 1. The minimum atomic E-state index is -0.124. The van der Waals surface area contributed by atoms with Gasteiger partial charge in [0.25, 0.3) is 5.56 Å². The van der Waals surface area contributed by atoms with Gasteiger partial charge in [-0.1, -0.05) is 0 Å². The Morgan fingerprint density at radius 2 is 1.94 bits per heavy atom. The molecule has 3 aromatic rings. The molecule has 0 aromatic carbocycles. The van der Waals surface area contributed by atoms with Crippen molar-refractivity contribution in [3.63, 3.8) is 0 Å². The number of amides is 1. The summed E-state index contributed by atoms with van der Waals surface area (Å²) in [4.78, 5) is 29.7. The third kappa shape index (κ3) is 3.25. The molecule has 1 aliphatic carbocycles. The van der Waals surface area contributed by atoms with Crippen LogP contribution in [0.4, 0.5) is 11.6 Å². The number of anilines is 2. The van der Waals surface area contributed by atoms with Gasteiger partial charge in [-0.3, -0.25) is 19.4 Å². The maximum absolute atomic E-state index is 13.2. The van der Waals surface area contributed by atoms with Crippen molar-refractivity contribution in [2.45, 2.75) is 45.7 Å². The smallest absolute Gasteiger partial charge is 0.264 e. The molecule has 0 radical (unpaired) electrons. The average Bonchev–Trinajstić information content (AvgIpc) is 3.42. The standard InChI is InChI=1S/C22H30N8O2/c1-12(2)29-8-7-28(11-18(29)31)17-9-16(26-27(17)4)15-10-30(13(3)14-5-6-14)22(32)19-20(15)24-25-21(19)23/h9-10,12-14H,5-8,11H2,1-4H3,(H3,23,24,25)/t13-/m0/s1. The summed E-state index contributed by atoms with van der Waals surface area (Å²) in [5, 5.41) is 12.2. The molecule has 1 saturated heterocycles. The Bertz CT molecular complexity index is 1250. The average molecular weight is 439 g/mol. The lowest BCUT2D eigenvalue weighted by molar-refractivity contribution is -0.132. The Hall–Kier alpha value is -3.30. The molecule has 32 heavy (non-hydrogen) atoms. The first-order valence-corrected chi connectivity index (χ1v) is 11.2. The number of rotatable bonds is 5. The Kier molecular flexibility index (Phi) is 4.75. The number of pyridine rings is 1. The summed E-state index contributed by atoms with van der Waals surface area (Å²) in [7, 11) is 1.87. The van der Waals surface area contributed by atoms with Crippen molar-refractivity contribution in [2.75, 3.05) is 30.3 Å². The summed E-state index contributed by atoms with van der Waals surface area (Å²) in [6.45, 7) is 7.90. The third-order valence-electron chi connectivity index (χ3n) is 6.86. The molecule has 1 amide bonds. The van der Waals surface area contributed by atoms with Crippen LogP contribution in [0.1, 0.15) is 39.7 Å². The van der Waals surface area contributed by atoms with E-state index in [9.17, 15) is 9.59 Å². The monoisotopic (exact) mass is 438 g/mol. The molecule has 1 saturated carbocycles. The van der Waals surface area contributed by atoms with E-state index in [0.717, 1.165) is 30.8 Å². The van der Waals surface area contributed by atoms with Crippen LogP contribution < -0.4 is 16.2 Å². The zero-order valence-corrected chi connectivity index (χ0v) is 19.0. The maximum Gasteiger partial charge on any atom is 0.264 e. The zero-order valence-electron chi connectivity index (χ0n) is 19.0. The highest BCUT2D eigenvalue weighted by molar-refractivity contribution is 5.97. The van der Waals surface area contributed by atoms with E-state index < -0.39 is 0 Å². The van der Waals surface area contributed by atoms with Crippen LogP contribution >= 0.6 is 0 Å². The summed E-state index contributed by atoms with van der Waals surface area (Å²) < 4.78 is 3.57. The number of carbonyl (C=O) groups excluding carboxylic acids is 1. The molecule has 1 aliphatic heterocycles. The van der Waals surface area contributed by atoms with Gasteiger partial charge in [0.1, 0.15) is 11.2 Å². The third-order valence-corrected chi connectivity index (χ3v) is 6.86. The van der Waals surface area contributed by atoms with E-state index in [1.54, 1.807) is 9.25 Å². The van der Waals surface area contributed by atoms with Crippen LogP contribution in [-0.4, -0.2) is 61.0 Å². The van der Waals surface area contributed by atoms with Gasteiger partial charge in [-0.05, 0) is 39.5 Å². The molecule has 0 bridgehead atoms. The van der Waals surface area contributed by atoms with Crippen molar-refractivity contribution in [1.29, 1.82) is 0 Å². The van der Waals surface area contributed by atoms with Crippen LogP contribution in [0.2, 0.25) is 0 Å². The number of hydrogen-bond acceptors (Lipinski definition) is 6. The van der Waals surface area contributed by atoms with Gasteiger partial charge in [0, 0.05) is 50.0 Å². The first-order chi connectivity index (χ1) is 15.3. The highest BCUT2D eigenvalue weighted by atomic mass is 16.2. The molecule has 0 unspecified atom stereocenters. The Morgan fingerprint density at radius 3 is 2.59 bits per heavy atom. The molecule has 3 N–H and O–H groups in total. The lowest BCUT2D eigenvalue weighted by Crippen LogP contribution is -2.53. The summed E-state index contributed by atoms with van der Waals surface area (Å²) in [5.41, 5.74) is 8.03. The van der Waals surface area contributed by atoms with Crippen molar-refractivity contribution in [3.8, 4) is 11.3 Å². The molecule has 10 heteroatoms. The summed E-state index contributed by atoms with van der Waals surface area (Å²) in [6, 6.07) is 2.26. The van der Waals surface area contributed by atoms with E-state index in [-0.39, 0.29) is 29.4 Å². The van der Waals surface area contributed by atoms with E-state index >= 15 is 0 Å². The van der Waals surface area contributed by atoms with E-state index in [2.05, 4.69) is 22.0 Å². The first kappa shape index (κ1) is 20.6. The van der Waals surface area contributed by atoms with Gasteiger partial charge < -0.3 is 20.1 Å². The van der Waals surface area contributed by atoms with Crippen molar-refractivity contribution in [3.05, 3.63) is 22.6 Å². The van der Waals surface area contributed by atoms with Gasteiger partial charge in [0.2, 0.25) is 5.91 Å². The molecule has 4 heterocycles. The number of H-pyrrole nitrogens is 1. The predicted molar refractivity (Wildman–Crippen MR) is 123 cm³/mol. The summed E-state index contributed by atoms with van der Waals surface area (Å²) >= 11 is 0. The number of aromatic nitrogens is 5. The van der Waals surface area contributed by atoms with Crippen LogP contribution in [0.25, 0.3) is 22.2 Å². The van der Waals surface area contributed by atoms with E-state index in [0.29, 0.717) is 35.6 Å². The number of hydrogen-bond donors (Lipinski definition) is 2. The molecule has 170 valence electrons. The number of carbonyl (C=O) groups is 1. The number of nitrogens with zero attached hydrogens (tertiary/aromatic N) is 6. The van der Waals surface area contributed by atoms with E-state index in [1.807, 2.05) is 38.1 Å². The fraction of sp³-hybridized carbons (Fsp3) is 0.545. The predicted octanol–water partition coefficient (Wildman–Crippen LogP) is 1.74. The topological polar surface area (TPSA) is 118 Å².